The molecule has 0 amide bonds. The van der Waals surface area contributed by atoms with Gasteiger partial charge in [0.15, 0.2) is 0 Å². The molecule has 0 unspecified atom stereocenters. The molecule has 0 aromatic heterocycles. The highest BCUT2D eigenvalue weighted by molar-refractivity contribution is 5.69. The highest BCUT2D eigenvalue weighted by Gasteiger charge is 2.05. The fourth-order valence-electron chi connectivity index (χ4n) is 1.09. The van der Waals surface area contributed by atoms with Crippen LogP contribution in [0.3, 0.4) is 0 Å². The van der Waals surface area contributed by atoms with Gasteiger partial charge in [-0.2, -0.15) is 0 Å². The summed E-state index contributed by atoms with van der Waals surface area (Å²) in [5.41, 5.74) is 1.19. The number of carbonyl (C=O) groups excluding carboxylic acids is 1. The summed E-state index contributed by atoms with van der Waals surface area (Å²) >= 11 is 0. The Kier molecular flexibility index (Phi) is 7.11. The first kappa shape index (κ1) is 13.2. The van der Waals surface area contributed by atoms with E-state index in [1.54, 1.807) is 0 Å². The number of esters is 1. The third-order valence-corrected chi connectivity index (χ3v) is 2.00. The molecule has 0 N–H and O–H groups in total. The molecule has 0 heterocycles. The van der Waals surface area contributed by atoms with E-state index in [9.17, 15) is 4.79 Å². The molecule has 0 aliphatic heterocycles. The number of rotatable bonds is 7. The van der Waals surface area contributed by atoms with Gasteiger partial charge in [-0.1, -0.05) is 19.1 Å². The van der Waals surface area contributed by atoms with Crippen LogP contribution in [0.15, 0.2) is 12.2 Å². The van der Waals surface area contributed by atoms with Crippen LogP contribution in [-0.4, -0.2) is 37.6 Å². The van der Waals surface area contributed by atoms with Crippen LogP contribution in [0.2, 0.25) is 0 Å². The van der Waals surface area contributed by atoms with Gasteiger partial charge in [0, 0.05) is 13.1 Å². The molecular formula is C11H21NO2. The maximum atomic E-state index is 11.0. The average molecular weight is 199 g/mol. The molecule has 0 fully saturated rings. The van der Waals surface area contributed by atoms with Crippen molar-refractivity contribution in [2.45, 2.75) is 26.7 Å². The number of ether oxygens (including phenoxy) is 1. The van der Waals surface area contributed by atoms with E-state index in [1.165, 1.54) is 5.57 Å². The van der Waals surface area contributed by atoms with Crippen molar-refractivity contribution >= 4 is 5.97 Å². The standard InChI is InChI=1S/C11H21NO2/c1-5-10(3)9-12(4)8-7-11(13)14-6-2/h3,5-9H2,1-2,4H3. The zero-order valence-electron chi connectivity index (χ0n) is 9.51. The Morgan fingerprint density at radius 3 is 2.57 bits per heavy atom. The van der Waals surface area contributed by atoms with Gasteiger partial charge in [-0.15, -0.1) is 0 Å². The van der Waals surface area contributed by atoms with E-state index in [1.807, 2.05) is 14.0 Å². The lowest BCUT2D eigenvalue weighted by Crippen LogP contribution is -2.24. The lowest BCUT2D eigenvalue weighted by molar-refractivity contribution is -0.143. The topological polar surface area (TPSA) is 29.5 Å². The molecule has 0 aromatic carbocycles. The summed E-state index contributed by atoms with van der Waals surface area (Å²) in [5.74, 6) is -0.124. The minimum absolute atomic E-state index is 0.124. The van der Waals surface area contributed by atoms with Crippen LogP contribution in [0, 0.1) is 0 Å². The summed E-state index contributed by atoms with van der Waals surface area (Å²) in [5, 5.41) is 0. The van der Waals surface area contributed by atoms with Gasteiger partial charge in [-0.25, -0.2) is 0 Å². The van der Waals surface area contributed by atoms with Crippen molar-refractivity contribution in [3.05, 3.63) is 12.2 Å². The van der Waals surface area contributed by atoms with Gasteiger partial charge in [-0.05, 0) is 20.4 Å². The largest absolute Gasteiger partial charge is 0.466 e. The third kappa shape index (κ3) is 6.66. The molecular weight excluding hydrogens is 178 g/mol. The highest BCUT2D eigenvalue weighted by atomic mass is 16.5. The van der Waals surface area contributed by atoms with Gasteiger partial charge < -0.3 is 9.64 Å². The molecule has 0 atom stereocenters. The van der Waals surface area contributed by atoms with Crippen molar-refractivity contribution in [3.63, 3.8) is 0 Å². The maximum Gasteiger partial charge on any atom is 0.307 e. The monoisotopic (exact) mass is 199 g/mol. The first-order valence-electron chi connectivity index (χ1n) is 5.11. The van der Waals surface area contributed by atoms with Crippen LogP contribution < -0.4 is 0 Å². The molecule has 0 saturated heterocycles. The number of likely N-dealkylation sites (N-methyl/N-ethyl adjacent to an activating group) is 1. The van der Waals surface area contributed by atoms with E-state index < -0.39 is 0 Å². The molecule has 0 spiro atoms. The van der Waals surface area contributed by atoms with Crippen molar-refractivity contribution in [1.82, 2.24) is 4.90 Å². The Morgan fingerprint density at radius 2 is 2.07 bits per heavy atom. The van der Waals surface area contributed by atoms with E-state index >= 15 is 0 Å². The maximum absolute atomic E-state index is 11.0. The van der Waals surface area contributed by atoms with E-state index in [0.29, 0.717) is 13.0 Å². The molecule has 0 bridgehead atoms. The Labute approximate surface area is 86.7 Å². The quantitative estimate of drug-likeness (QED) is 0.463. The van der Waals surface area contributed by atoms with Crippen LogP contribution in [0.1, 0.15) is 26.7 Å². The second kappa shape index (κ2) is 7.56. The summed E-state index contributed by atoms with van der Waals surface area (Å²) in [6.45, 7) is 9.88. The zero-order valence-corrected chi connectivity index (χ0v) is 9.51. The number of hydrogen-bond acceptors (Lipinski definition) is 3. The molecule has 0 aromatic rings. The van der Waals surface area contributed by atoms with Gasteiger partial charge in [0.2, 0.25) is 0 Å². The van der Waals surface area contributed by atoms with Crippen LogP contribution in [0.25, 0.3) is 0 Å². The van der Waals surface area contributed by atoms with Crippen LogP contribution >= 0.6 is 0 Å². The molecule has 0 saturated carbocycles. The summed E-state index contributed by atoms with van der Waals surface area (Å²) < 4.78 is 4.84. The van der Waals surface area contributed by atoms with Gasteiger partial charge in [0.25, 0.3) is 0 Å². The van der Waals surface area contributed by atoms with Crippen molar-refractivity contribution in [1.29, 1.82) is 0 Å². The summed E-state index contributed by atoms with van der Waals surface area (Å²) in [6.07, 6.45) is 1.45. The smallest absolute Gasteiger partial charge is 0.307 e. The molecule has 0 radical (unpaired) electrons. The lowest BCUT2D eigenvalue weighted by atomic mass is 10.2. The van der Waals surface area contributed by atoms with Crippen molar-refractivity contribution in [2.75, 3.05) is 26.7 Å². The SMILES string of the molecule is C=C(CC)CN(C)CCC(=O)OCC. The molecule has 82 valence electrons. The Hall–Kier alpha value is -0.830. The minimum atomic E-state index is -0.124. The van der Waals surface area contributed by atoms with Gasteiger partial charge >= 0.3 is 5.97 Å². The third-order valence-electron chi connectivity index (χ3n) is 2.00. The van der Waals surface area contributed by atoms with Gasteiger partial charge in [0.1, 0.15) is 0 Å². The van der Waals surface area contributed by atoms with Gasteiger partial charge in [0.05, 0.1) is 13.0 Å². The number of carbonyl (C=O) groups is 1. The lowest BCUT2D eigenvalue weighted by Gasteiger charge is -2.16. The summed E-state index contributed by atoms with van der Waals surface area (Å²) in [7, 11) is 1.99. The highest BCUT2D eigenvalue weighted by Crippen LogP contribution is 2.00. The normalized spacial score (nSPS) is 10.3. The second-order valence-electron chi connectivity index (χ2n) is 3.40. The Morgan fingerprint density at radius 1 is 1.43 bits per heavy atom. The molecule has 3 heteroatoms. The van der Waals surface area contributed by atoms with Crippen molar-refractivity contribution < 1.29 is 9.53 Å². The summed E-state index contributed by atoms with van der Waals surface area (Å²) in [4.78, 5) is 13.1. The second-order valence-corrected chi connectivity index (χ2v) is 3.40. The minimum Gasteiger partial charge on any atom is -0.466 e. The molecule has 0 rings (SSSR count). The predicted octanol–water partition coefficient (Wildman–Crippen LogP) is 1.84. The molecule has 14 heavy (non-hydrogen) atoms. The number of nitrogens with zero attached hydrogens (tertiary/aromatic N) is 1. The van der Waals surface area contributed by atoms with E-state index in [0.717, 1.165) is 19.5 Å². The Balaban J connectivity index is 3.57. The van der Waals surface area contributed by atoms with Crippen LogP contribution in [-0.2, 0) is 9.53 Å². The Bertz CT molecular complexity index is 190. The predicted molar refractivity (Wildman–Crippen MR) is 58.2 cm³/mol. The number of hydrogen-bond donors (Lipinski definition) is 0. The average Bonchev–Trinajstić information content (AvgIpc) is 2.15. The summed E-state index contributed by atoms with van der Waals surface area (Å²) in [6, 6.07) is 0. The first-order valence-corrected chi connectivity index (χ1v) is 5.11. The van der Waals surface area contributed by atoms with E-state index in [-0.39, 0.29) is 5.97 Å². The van der Waals surface area contributed by atoms with Crippen LogP contribution in [0.5, 0.6) is 0 Å². The van der Waals surface area contributed by atoms with Crippen molar-refractivity contribution in [2.24, 2.45) is 0 Å². The fraction of sp³-hybridized carbons (Fsp3) is 0.727. The van der Waals surface area contributed by atoms with E-state index in [4.69, 9.17) is 4.74 Å². The van der Waals surface area contributed by atoms with Crippen molar-refractivity contribution in [3.8, 4) is 0 Å². The molecule has 3 nitrogen and oxygen atoms in total. The molecule has 0 aliphatic carbocycles. The molecule has 0 aliphatic rings. The fourth-order valence-corrected chi connectivity index (χ4v) is 1.09. The van der Waals surface area contributed by atoms with Gasteiger partial charge in [-0.3, -0.25) is 4.79 Å². The van der Waals surface area contributed by atoms with E-state index in [2.05, 4.69) is 18.4 Å². The van der Waals surface area contributed by atoms with Crippen LogP contribution in [0.4, 0.5) is 0 Å². The first-order chi connectivity index (χ1) is 6.60. The zero-order chi connectivity index (χ0) is 11.0.